The first-order valence-electron chi connectivity index (χ1n) is 10.6. The lowest BCUT2D eigenvalue weighted by Gasteiger charge is -2.31. The average Bonchev–Trinajstić information content (AvgIpc) is 2.89. The van der Waals surface area contributed by atoms with Crippen molar-refractivity contribution in [1.29, 1.82) is 0 Å². The summed E-state index contributed by atoms with van der Waals surface area (Å²) in [7, 11) is 0. The van der Waals surface area contributed by atoms with E-state index in [9.17, 15) is 19.2 Å². The Kier molecular flexibility index (Phi) is 5.32. The van der Waals surface area contributed by atoms with Gasteiger partial charge in [0, 0.05) is 11.1 Å². The Balaban J connectivity index is 1.74. The maximum atomic E-state index is 13.8. The number of nitrogens with zero attached hydrogens (tertiary/aromatic N) is 2. The van der Waals surface area contributed by atoms with Crippen LogP contribution in [0.3, 0.4) is 0 Å². The molecular formula is C28H18N2O4. The Bertz CT molecular complexity index is 1320. The van der Waals surface area contributed by atoms with E-state index in [2.05, 4.69) is 0 Å². The molecule has 0 aliphatic carbocycles. The average molecular weight is 446 g/mol. The Morgan fingerprint density at radius 2 is 0.765 bits per heavy atom. The third-order valence-electron chi connectivity index (χ3n) is 5.60. The number of para-hydroxylation sites is 2. The summed E-state index contributed by atoms with van der Waals surface area (Å²) in [5.74, 6) is -2.39. The zero-order chi connectivity index (χ0) is 23.7. The van der Waals surface area contributed by atoms with Crippen molar-refractivity contribution in [3.05, 3.63) is 131 Å². The second kappa shape index (κ2) is 8.60. The Morgan fingerprint density at radius 3 is 1.15 bits per heavy atom. The molecule has 0 aromatic heterocycles. The molecule has 1 aliphatic rings. The van der Waals surface area contributed by atoms with Crippen molar-refractivity contribution in [2.24, 2.45) is 0 Å². The summed E-state index contributed by atoms with van der Waals surface area (Å²) in [6.07, 6.45) is 0. The van der Waals surface area contributed by atoms with Crippen molar-refractivity contribution in [2.45, 2.75) is 0 Å². The van der Waals surface area contributed by atoms with Gasteiger partial charge in [-0.15, -0.1) is 0 Å². The van der Waals surface area contributed by atoms with Crippen molar-refractivity contribution in [1.82, 2.24) is 0 Å². The van der Waals surface area contributed by atoms with Gasteiger partial charge in [-0.1, -0.05) is 60.7 Å². The monoisotopic (exact) mass is 446 g/mol. The molecule has 0 saturated heterocycles. The fourth-order valence-corrected chi connectivity index (χ4v) is 3.98. The van der Waals surface area contributed by atoms with Crippen LogP contribution in [-0.4, -0.2) is 23.6 Å². The number of imide groups is 2. The van der Waals surface area contributed by atoms with E-state index < -0.39 is 23.6 Å². The van der Waals surface area contributed by atoms with Gasteiger partial charge in [0.15, 0.2) is 0 Å². The van der Waals surface area contributed by atoms with E-state index in [-0.39, 0.29) is 22.5 Å². The molecule has 34 heavy (non-hydrogen) atoms. The maximum absolute atomic E-state index is 13.8. The first-order valence-corrected chi connectivity index (χ1v) is 10.6. The summed E-state index contributed by atoms with van der Waals surface area (Å²) in [5.41, 5.74) is 0.970. The topological polar surface area (TPSA) is 74.8 Å². The molecular weight excluding hydrogens is 428 g/mol. The second-order valence-electron chi connectivity index (χ2n) is 7.66. The van der Waals surface area contributed by atoms with Crippen LogP contribution in [0.2, 0.25) is 0 Å². The van der Waals surface area contributed by atoms with Gasteiger partial charge >= 0.3 is 0 Å². The fraction of sp³-hybridized carbons (Fsp3) is 0. The standard InChI is InChI=1S/C28H18N2O4/c31-25(19-11-3-1-4-12-19)29-23-17-9-7-15-21(23)28(34)30(26(32)20-13-5-2-6-14-20)24-18-10-8-16-22(24)27(29)33/h1-18H. The first kappa shape index (κ1) is 21.0. The largest absolute Gasteiger partial charge is 0.268 e. The number of carbonyl (C=O) groups is 4. The maximum Gasteiger partial charge on any atom is 0.267 e. The van der Waals surface area contributed by atoms with Gasteiger partial charge in [0.25, 0.3) is 23.6 Å². The van der Waals surface area contributed by atoms with Crippen LogP contribution < -0.4 is 9.80 Å². The van der Waals surface area contributed by atoms with Crippen molar-refractivity contribution in [2.75, 3.05) is 9.80 Å². The molecule has 0 atom stereocenters. The third-order valence-corrected chi connectivity index (χ3v) is 5.60. The number of amides is 4. The summed E-state index contributed by atoms with van der Waals surface area (Å²) < 4.78 is 0. The molecule has 6 nitrogen and oxygen atoms in total. The number of rotatable bonds is 2. The normalized spacial score (nSPS) is 12.9. The minimum atomic E-state index is -0.629. The molecule has 164 valence electrons. The number of hydrogen-bond acceptors (Lipinski definition) is 4. The van der Waals surface area contributed by atoms with E-state index in [0.29, 0.717) is 11.1 Å². The lowest BCUT2D eigenvalue weighted by molar-refractivity contribution is 0.0893. The molecule has 5 rings (SSSR count). The highest BCUT2D eigenvalue weighted by Gasteiger charge is 2.38. The van der Waals surface area contributed by atoms with Crippen LogP contribution in [0.15, 0.2) is 109 Å². The van der Waals surface area contributed by atoms with E-state index in [0.717, 1.165) is 9.80 Å². The second-order valence-corrected chi connectivity index (χ2v) is 7.66. The summed E-state index contributed by atoms with van der Waals surface area (Å²) in [4.78, 5) is 56.7. The predicted octanol–water partition coefficient (Wildman–Crippen LogP) is 4.97. The third kappa shape index (κ3) is 3.47. The molecule has 0 unspecified atom stereocenters. The minimum Gasteiger partial charge on any atom is -0.268 e. The molecule has 0 N–H and O–H groups in total. The van der Waals surface area contributed by atoms with E-state index in [1.807, 2.05) is 0 Å². The number of hydrogen-bond donors (Lipinski definition) is 0. The Morgan fingerprint density at radius 1 is 0.441 bits per heavy atom. The molecule has 4 aromatic carbocycles. The van der Waals surface area contributed by atoms with Gasteiger partial charge in [-0.05, 0) is 48.5 Å². The highest BCUT2D eigenvalue weighted by Crippen LogP contribution is 2.34. The molecule has 4 aromatic rings. The number of anilines is 2. The van der Waals surface area contributed by atoms with Crippen LogP contribution >= 0.6 is 0 Å². The molecule has 0 saturated carbocycles. The van der Waals surface area contributed by atoms with Crippen LogP contribution in [0.1, 0.15) is 41.4 Å². The van der Waals surface area contributed by atoms with Crippen LogP contribution in [0, 0.1) is 0 Å². The summed E-state index contributed by atoms with van der Waals surface area (Å²) in [5, 5.41) is 0. The molecule has 6 heteroatoms. The van der Waals surface area contributed by atoms with E-state index in [4.69, 9.17) is 0 Å². The number of carbonyl (C=O) groups excluding carboxylic acids is 4. The van der Waals surface area contributed by atoms with Gasteiger partial charge in [0.05, 0.1) is 22.5 Å². The van der Waals surface area contributed by atoms with Crippen LogP contribution in [0.25, 0.3) is 0 Å². The smallest absolute Gasteiger partial charge is 0.267 e. The van der Waals surface area contributed by atoms with E-state index >= 15 is 0 Å². The Hall–Kier alpha value is -4.84. The lowest BCUT2D eigenvalue weighted by Crippen LogP contribution is -2.45. The molecule has 0 radical (unpaired) electrons. The van der Waals surface area contributed by atoms with Crippen molar-refractivity contribution in [3.63, 3.8) is 0 Å². The molecule has 0 spiro atoms. The zero-order valence-corrected chi connectivity index (χ0v) is 17.9. The molecule has 4 amide bonds. The summed E-state index contributed by atoms with van der Waals surface area (Å²) in [6, 6.07) is 29.4. The highest BCUT2D eigenvalue weighted by atomic mass is 16.2. The highest BCUT2D eigenvalue weighted by molar-refractivity contribution is 6.35. The van der Waals surface area contributed by atoms with Crippen molar-refractivity contribution < 1.29 is 19.2 Å². The fourth-order valence-electron chi connectivity index (χ4n) is 3.98. The zero-order valence-electron chi connectivity index (χ0n) is 17.9. The predicted molar refractivity (Wildman–Crippen MR) is 128 cm³/mol. The van der Waals surface area contributed by atoms with Crippen molar-refractivity contribution in [3.8, 4) is 0 Å². The van der Waals surface area contributed by atoms with Crippen LogP contribution in [-0.2, 0) is 0 Å². The molecule has 1 heterocycles. The molecule has 0 fully saturated rings. The SMILES string of the molecule is O=C(c1ccccc1)N1C(=O)c2ccccc2N(C(=O)c2ccccc2)C(=O)c2ccccc21. The Labute approximate surface area is 195 Å². The summed E-state index contributed by atoms with van der Waals surface area (Å²) in [6.45, 7) is 0. The minimum absolute atomic E-state index is 0.0684. The lowest BCUT2D eigenvalue weighted by atomic mass is 10.0. The first-order chi connectivity index (χ1) is 16.6. The summed E-state index contributed by atoms with van der Waals surface area (Å²) >= 11 is 0. The van der Waals surface area contributed by atoms with Gasteiger partial charge < -0.3 is 0 Å². The molecule has 1 aliphatic heterocycles. The van der Waals surface area contributed by atoms with Gasteiger partial charge in [0.1, 0.15) is 0 Å². The van der Waals surface area contributed by atoms with Gasteiger partial charge in [-0.2, -0.15) is 0 Å². The number of benzene rings is 4. The number of fused-ring (bicyclic) bond motifs is 2. The van der Waals surface area contributed by atoms with Gasteiger partial charge in [-0.3, -0.25) is 19.2 Å². The van der Waals surface area contributed by atoms with Crippen LogP contribution in [0.4, 0.5) is 11.4 Å². The van der Waals surface area contributed by atoms with Crippen LogP contribution in [0.5, 0.6) is 0 Å². The van der Waals surface area contributed by atoms with Gasteiger partial charge in [-0.25, -0.2) is 9.80 Å². The van der Waals surface area contributed by atoms with E-state index in [1.165, 1.54) is 24.3 Å². The quantitative estimate of drug-likeness (QED) is 0.407. The molecule has 0 bridgehead atoms. The van der Waals surface area contributed by atoms with Crippen molar-refractivity contribution >= 4 is 35.0 Å². The van der Waals surface area contributed by atoms with Gasteiger partial charge in [0.2, 0.25) is 0 Å². The van der Waals surface area contributed by atoms with E-state index in [1.54, 1.807) is 84.9 Å².